The molecule has 2 rings (SSSR count). The van der Waals surface area contributed by atoms with E-state index >= 15 is 0 Å². The highest BCUT2D eigenvalue weighted by atomic mass is 79.9. The summed E-state index contributed by atoms with van der Waals surface area (Å²) >= 11 is 3.41. The molecule has 0 radical (unpaired) electrons. The topological polar surface area (TPSA) is 66.0 Å². The number of aromatic nitrogens is 2. The number of rotatable bonds is 2. The number of hydrogen-bond donors (Lipinski definition) is 2. The van der Waals surface area contributed by atoms with Crippen LogP contribution < -0.4 is 0 Å². The summed E-state index contributed by atoms with van der Waals surface area (Å²) < 4.78 is 1.02. The van der Waals surface area contributed by atoms with Crippen molar-refractivity contribution < 1.29 is 9.90 Å². The fraction of sp³-hybridized carbons (Fsp3) is 0.0909. The summed E-state index contributed by atoms with van der Waals surface area (Å²) in [5.41, 5.74) is 2.70. The van der Waals surface area contributed by atoms with Gasteiger partial charge in [-0.15, -0.1) is 0 Å². The average molecular weight is 281 g/mol. The van der Waals surface area contributed by atoms with Crippen molar-refractivity contribution in [2.45, 2.75) is 6.92 Å². The third kappa shape index (κ3) is 1.99. The highest BCUT2D eigenvalue weighted by Gasteiger charge is 2.09. The molecule has 4 nitrogen and oxygen atoms in total. The van der Waals surface area contributed by atoms with E-state index in [2.05, 4.69) is 26.1 Å². The zero-order chi connectivity index (χ0) is 11.7. The molecule has 0 saturated heterocycles. The lowest BCUT2D eigenvalue weighted by atomic mass is 10.1. The second kappa shape index (κ2) is 4.09. The van der Waals surface area contributed by atoms with Crippen molar-refractivity contribution in [3.8, 4) is 11.3 Å². The lowest BCUT2D eigenvalue weighted by molar-refractivity contribution is 0.0690. The minimum atomic E-state index is -1.01. The molecule has 0 aliphatic heterocycles. The lowest BCUT2D eigenvalue weighted by Crippen LogP contribution is -1.95. The van der Waals surface area contributed by atoms with Gasteiger partial charge < -0.3 is 5.11 Å². The van der Waals surface area contributed by atoms with Gasteiger partial charge in [-0.3, -0.25) is 5.10 Å². The Balaban J connectivity index is 2.42. The molecule has 0 atom stereocenters. The molecule has 0 bridgehead atoms. The van der Waals surface area contributed by atoms with Gasteiger partial charge in [0.25, 0.3) is 0 Å². The third-order valence-electron chi connectivity index (χ3n) is 2.26. The van der Waals surface area contributed by atoms with E-state index in [4.69, 9.17) is 5.11 Å². The summed E-state index contributed by atoms with van der Waals surface area (Å²) in [4.78, 5) is 10.7. The van der Waals surface area contributed by atoms with E-state index in [0.29, 0.717) is 5.69 Å². The molecule has 0 aliphatic carbocycles. The summed E-state index contributed by atoms with van der Waals surface area (Å²) in [6, 6.07) is 7.27. The van der Waals surface area contributed by atoms with E-state index in [9.17, 15) is 4.79 Å². The molecular formula is C11H9BrN2O2. The Morgan fingerprint density at radius 1 is 1.44 bits per heavy atom. The Morgan fingerprint density at radius 3 is 2.75 bits per heavy atom. The van der Waals surface area contributed by atoms with Crippen LogP contribution in [0.5, 0.6) is 0 Å². The Kier molecular flexibility index (Phi) is 2.78. The summed E-state index contributed by atoms with van der Waals surface area (Å²) in [5, 5.41) is 15.2. The number of halogens is 1. The van der Waals surface area contributed by atoms with Crippen LogP contribution in [0.3, 0.4) is 0 Å². The summed E-state index contributed by atoms with van der Waals surface area (Å²) in [5.74, 6) is -1.01. The first kappa shape index (κ1) is 10.9. The van der Waals surface area contributed by atoms with Crippen LogP contribution in [-0.4, -0.2) is 21.3 Å². The van der Waals surface area contributed by atoms with Crippen LogP contribution in [0, 0.1) is 6.92 Å². The van der Waals surface area contributed by atoms with E-state index in [1.165, 1.54) is 6.07 Å². The van der Waals surface area contributed by atoms with Gasteiger partial charge in [-0.2, -0.15) is 5.10 Å². The van der Waals surface area contributed by atoms with Gasteiger partial charge in [0.1, 0.15) is 5.69 Å². The maximum absolute atomic E-state index is 10.7. The van der Waals surface area contributed by atoms with Crippen LogP contribution in [0.25, 0.3) is 11.3 Å². The first-order chi connectivity index (χ1) is 7.58. The number of carbonyl (C=O) groups is 1. The molecule has 0 fully saturated rings. The quantitative estimate of drug-likeness (QED) is 0.889. The molecular weight excluding hydrogens is 272 g/mol. The predicted octanol–water partition coefficient (Wildman–Crippen LogP) is 2.85. The molecule has 2 N–H and O–H groups in total. The second-order valence-corrected chi connectivity index (χ2v) is 4.29. The molecule has 82 valence electrons. The second-order valence-electron chi connectivity index (χ2n) is 3.44. The van der Waals surface area contributed by atoms with Gasteiger partial charge in [0.15, 0.2) is 0 Å². The molecule has 2 aromatic rings. The van der Waals surface area contributed by atoms with Crippen LogP contribution in [0.1, 0.15) is 16.1 Å². The highest BCUT2D eigenvalue weighted by molar-refractivity contribution is 9.10. The van der Waals surface area contributed by atoms with Gasteiger partial charge >= 0.3 is 5.97 Å². The van der Waals surface area contributed by atoms with Crippen LogP contribution in [0.4, 0.5) is 0 Å². The van der Waals surface area contributed by atoms with E-state index in [-0.39, 0.29) is 5.69 Å². The molecule has 1 heterocycles. The number of H-pyrrole nitrogens is 1. The van der Waals surface area contributed by atoms with Crippen molar-refractivity contribution in [2.75, 3.05) is 0 Å². The van der Waals surface area contributed by atoms with Crippen LogP contribution in [-0.2, 0) is 0 Å². The minimum absolute atomic E-state index is 0.0931. The monoisotopic (exact) mass is 280 g/mol. The fourth-order valence-corrected chi connectivity index (χ4v) is 1.63. The van der Waals surface area contributed by atoms with Gasteiger partial charge in [-0.05, 0) is 30.7 Å². The van der Waals surface area contributed by atoms with E-state index < -0.39 is 5.97 Å². The number of carboxylic acid groups (broad SMARTS) is 1. The molecule has 0 unspecified atom stereocenters. The van der Waals surface area contributed by atoms with Gasteiger partial charge in [0.2, 0.25) is 0 Å². The standard InChI is InChI=1S/C11H9BrN2O2/c1-6-4-7(2-3-8(6)12)9-5-10(11(15)16)14-13-9/h2-5H,1H3,(H,13,14)(H,15,16). The molecule has 1 aromatic heterocycles. The third-order valence-corrected chi connectivity index (χ3v) is 3.15. The van der Waals surface area contributed by atoms with E-state index in [0.717, 1.165) is 15.6 Å². The Bertz CT molecular complexity index is 549. The van der Waals surface area contributed by atoms with Crippen molar-refractivity contribution >= 4 is 21.9 Å². The van der Waals surface area contributed by atoms with Gasteiger partial charge in [-0.25, -0.2) is 4.79 Å². The summed E-state index contributed by atoms with van der Waals surface area (Å²) in [6.45, 7) is 1.97. The average Bonchev–Trinajstić information content (AvgIpc) is 2.71. The van der Waals surface area contributed by atoms with Crippen LogP contribution in [0.2, 0.25) is 0 Å². The van der Waals surface area contributed by atoms with Crippen molar-refractivity contribution in [3.63, 3.8) is 0 Å². The lowest BCUT2D eigenvalue weighted by Gasteiger charge is -2.00. The molecule has 0 aliphatic rings. The fourth-order valence-electron chi connectivity index (χ4n) is 1.38. The zero-order valence-corrected chi connectivity index (χ0v) is 10.1. The SMILES string of the molecule is Cc1cc(-c2cc(C(=O)O)[nH]n2)ccc1Br. The largest absolute Gasteiger partial charge is 0.477 e. The molecule has 16 heavy (non-hydrogen) atoms. The van der Waals surface area contributed by atoms with E-state index in [1.54, 1.807) is 0 Å². The molecule has 0 saturated carbocycles. The number of hydrogen-bond acceptors (Lipinski definition) is 2. The number of benzene rings is 1. The molecule has 5 heteroatoms. The number of aromatic amines is 1. The van der Waals surface area contributed by atoms with Crippen molar-refractivity contribution in [3.05, 3.63) is 40.0 Å². The van der Waals surface area contributed by atoms with Gasteiger partial charge in [0, 0.05) is 10.0 Å². The van der Waals surface area contributed by atoms with Crippen molar-refractivity contribution in [2.24, 2.45) is 0 Å². The molecule has 0 amide bonds. The smallest absolute Gasteiger partial charge is 0.353 e. The number of aryl methyl sites for hydroxylation is 1. The summed E-state index contributed by atoms with van der Waals surface area (Å²) in [7, 11) is 0. The Labute approximate surface area is 100 Å². The highest BCUT2D eigenvalue weighted by Crippen LogP contribution is 2.23. The van der Waals surface area contributed by atoms with Crippen molar-refractivity contribution in [1.29, 1.82) is 0 Å². The minimum Gasteiger partial charge on any atom is -0.477 e. The predicted molar refractivity (Wildman–Crippen MR) is 63.4 cm³/mol. The Hall–Kier alpha value is -1.62. The number of carboxylic acids is 1. The van der Waals surface area contributed by atoms with Gasteiger partial charge in [0.05, 0.1) is 5.69 Å². The maximum atomic E-state index is 10.7. The van der Waals surface area contributed by atoms with Crippen LogP contribution in [0.15, 0.2) is 28.7 Å². The Morgan fingerprint density at radius 2 is 2.19 bits per heavy atom. The first-order valence-electron chi connectivity index (χ1n) is 4.63. The van der Waals surface area contributed by atoms with Crippen molar-refractivity contribution in [1.82, 2.24) is 10.2 Å². The number of nitrogens with one attached hydrogen (secondary N) is 1. The molecule has 1 aromatic carbocycles. The normalized spacial score (nSPS) is 10.4. The summed E-state index contributed by atoms with van der Waals surface area (Å²) in [6.07, 6.45) is 0. The number of nitrogens with zero attached hydrogens (tertiary/aromatic N) is 1. The maximum Gasteiger partial charge on any atom is 0.353 e. The molecule has 0 spiro atoms. The zero-order valence-electron chi connectivity index (χ0n) is 8.49. The van der Waals surface area contributed by atoms with Gasteiger partial charge in [-0.1, -0.05) is 22.0 Å². The number of aromatic carboxylic acids is 1. The van der Waals surface area contributed by atoms with E-state index in [1.807, 2.05) is 25.1 Å². The van der Waals surface area contributed by atoms with Crippen LogP contribution >= 0.6 is 15.9 Å². The first-order valence-corrected chi connectivity index (χ1v) is 5.42.